The molecule has 0 aliphatic carbocycles. The van der Waals surface area contributed by atoms with Crippen molar-refractivity contribution in [3.63, 3.8) is 0 Å². The van der Waals surface area contributed by atoms with Crippen molar-refractivity contribution < 1.29 is 36.7 Å². The van der Waals surface area contributed by atoms with Crippen LogP contribution in [0.1, 0.15) is 23.0 Å². The molecule has 1 aromatic carbocycles. The Balaban J connectivity index is 2.97. The first kappa shape index (κ1) is 18.0. The minimum atomic E-state index is -5.02. The second-order valence-corrected chi connectivity index (χ2v) is 6.04. The van der Waals surface area contributed by atoms with E-state index in [1.54, 1.807) is 0 Å². The number of ether oxygens (including phenoxy) is 2. The van der Waals surface area contributed by atoms with Crippen molar-refractivity contribution >= 4 is 27.0 Å². The maximum Gasteiger partial charge on any atom is 0.343 e. The zero-order chi connectivity index (χ0) is 18.1. The van der Waals surface area contributed by atoms with Gasteiger partial charge in [-0.2, -0.15) is 8.42 Å². The lowest BCUT2D eigenvalue weighted by atomic mass is 10.1. The van der Waals surface area contributed by atoms with E-state index in [4.69, 9.17) is 9.47 Å². The average molecular weight is 359 g/mol. The Labute approximate surface area is 136 Å². The van der Waals surface area contributed by atoms with Gasteiger partial charge in [-0.25, -0.2) is 14.2 Å². The normalized spacial score (nSPS) is 11.7. The van der Waals surface area contributed by atoms with Crippen LogP contribution in [0, 0.1) is 5.82 Å². The van der Waals surface area contributed by atoms with E-state index in [0.717, 1.165) is 12.1 Å². The molecular formula is C14H14FNO7S. The predicted octanol–water partition coefficient (Wildman–Crippen LogP) is 1.65. The molecular weight excluding hydrogens is 345 g/mol. The number of hydrogen-bond donors (Lipinski definition) is 2. The number of rotatable bonds is 5. The van der Waals surface area contributed by atoms with Gasteiger partial charge < -0.3 is 14.6 Å². The number of benzene rings is 1. The van der Waals surface area contributed by atoms with Crippen molar-refractivity contribution in [2.45, 2.75) is 18.4 Å². The summed E-state index contributed by atoms with van der Waals surface area (Å²) in [4.78, 5) is 14.9. The van der Waals surface area contributed by atoms with Crippen LogP contribution in [-0.2, 0) is 26.2 Å². The van der Waals surface area contributed by atoms with Crippen LogP contribution in [0.5, 0.6) is 5.75 Å². The van der Waals surface area contributed by atoms with Crippen LogP contribution >= 0.6 is 0 Å². The molecule has 0 spiro atoms. The van der Waals surface area contributed by atoms with E-state index < -0.39 is 43.5 Å². The van der Waals surface area contributed by atoms with Crippen LogP contribution in [0.2, 0.25) is 0 Å². The first-order valence-corrected chi connectivity index (χ1v) is 8.14. The Morgan fingerprint density at radius 3 is 2.58 bits per heavy atom. The van der Waals surface area contributed by atoms with Crippen LogP contribution < -0.4 is 0 Å². The van der Waals surface area contributed by atoms with E-state index in [-0.39, 0.29) is 24.4 Å². The third-order valence-corrected chi connectivity index (χ3v) is 4.04. The monoisotopic (exact) mass is 359 g/mol. The summed E-state index contributed by atoms with van der Waals surface area (Å²) in [6, 6.07) is 1.88. The highest BCUT2D eigenvalue weighted by Crippen LogP contribution is 2.36. The summed E-state index contributed by atoms with van der Waals surface area (Å²) < 4.78 is 55.8. The minimum Gasteiger partial charge on any atom is -0.506 e. The standard InChI is InChI=1S/C14H14FNO7S/c1-3-23-14(18)11-9(6-22-2)16-8-5-4-7(15)13(24(19,20)21)10(8)12(11)17/h4-5H,3,6H2,1-2H3,(H,16,17)(H,19,20,21). The lowest BCUT2D eigenvalue weighted by Crippen LogP contribution is -2.13. The number of halogens is 1. The first-order chi connectivity index (χ1) is 11.2. The number of fused-ring (bicyclic) bond motifs is 1. The fourth-order valence-electron chi connectivity index (χ4n) is 2.24. The number of carbonyl (C=O) groups excluding carboxylic acids is 1. The average Bonchev–Trinajstić information content (AvgIpc) is 2.47. The van der Waals surface area contributed by atoms with E-state index >= 15 is 0 Å². The van der Waals surface area contributed by atoms with Crippen molar-refractivity contribution in [2.75, 3.05) is 13.7 Å². The summed E-state index contributed by atoms with van der Waals surface area (Å²) in [5.74, 6) is -3.14. The number of nitrogens with zero attached hydrogens (tertiary/aromatic N) is 1. The van der Waals surface area contributed by atoms with Crippen LogP contribution in [0.15, 0.2) is 17.0 Å². The van der Waals surface area contributed by atoms with Gasteiger partial charge in [0.05, 0.1) is 29.8 Å². The molecule has 0 amide bonds. The largest absolute Gasteiger partial charge is 0.506 e. The number of hydrogen-bond acceptors (Lipinski definition) is 7. The Hall–Kier alpha value is -2.30. The molecule has 130 valence electrons. The second kappa shape index (κ2) is 6.67. The van der Waals surface area contributed by atoms with Gasteiger partial charge in [-0.1, -0.05) is 0 Å². The highest BCUT2D eigenvalue weighted by molar-refractivity contribution is 7.86. The molecule has 0 fully saturated rings. The van der Waals surface area contributed by atoms with Gasteiger partial charge in [-0.15, -0.1) is 0 Å². The predicted molar refractivity (Wildman–Crippen MR) is 79.8 cm³/mol. The second-order valence-electron chi connectivity index (χ2n) is 4.68. The molecule has 2 N–H and O–H groups in total. The first-order valence-electron chi connectivity index (χ1n) is 6.70. The van der Waals surface area contributed by atoms with Crippen molar-refractivity contribution in [1.82, 2.24) is 4.98 Å². The van der Waals surface area contributed by atoms with Crippen LogP contribution in [0.25, 0.3) is 10.9 Å². The summed E-state index contributed by atoms with van der Waals surface area (Å²) >= 11 is 0. The van der Waals surface area contributed by atoms with Crippen molar-refractivity contribution in [1.29, 1.82) is 0 Å². The molecule has 2 rings (SSSR count). The molecule has 0 saturated carbocycles. The maximum atomic E-state index is 13.9. The van der Waals surface area contributed by atoms with Crippen molar-refractivity contribution in [3.8, 4) is 5.75 Å². The quantitative estimate of drug-likeness (QED) is 0.610. The highest BCUT2D eigenvalue weighted by Gasteiger charge is 2.28. The van der Waals surface area contributed by atoms with Gasteiger partial charge in [0.2, 0.25) is 0 Å². The molecule has 0 atom stereocenters. The van der Waals surface area contributed by atoms with E-state index in [2.05, 4.69) is 4.98 Å². The third kappa shape index (κ3) is 3.16. The number of methoxy groups -OCH3 is 1. The highest BCUT2D eigenvalue weighted by atomic mass is 32.2. The summed E-state index contributed by atoms with van der Waals surface area (Å²) in [7, 11) is -3.70. The SMILES string of the molecule is CCOC(=O)c1c(COC)nc2ccc(F)c(S(=O)(=O)O)c2c1O. The molecule has 1 aromatic heterocycles. The number of carbonyl (C=O) groups is 1. The molecule has 24 heavy (non-hydrogen) atoms. The van der Waals surface area contributed by atoms with E-state index in [0.29, 0.717) is 0 Å². The van der Waals surface area contributed by atoms with E-state index in [1.807, 2.05) is 0 Å². The number of pyridine rings is 1. The zero-order valence-corrected chi connectivity index (χ0v) is 13.6. The number of aromatic nitrogens is 1. The molecule has 0 bridgehead atoms. The molecule has 0 aliphatic rings. The summed E-state index contributed by atoms with van der Waals surface area (Å²) in [6.45, 7) is 1.33. The number of aromatic hydroxyl groups is 1. The lowest BCUT2D eigenvalue weighted by molar-refractivity contribution is 0.0517. The maximum absolute atomic E-state index is 13.9. The van der Waals surface area contributed by atoms with Crippen LogP contribution in [0.3, 0.4) is 0 Å². The fourth-order valence-corrected chi connectivity index (χ4v) is 3.02. The molecule has 0 radical (unpaired) electrons. The Morgan fingerprint density at radius 1 is 1.38 bits per heavy atom. The van der Waals surface area contributed by atoms with Gasteiger partial charge >= 0.3 is 5.97 Å². The van der Waals surface area contributed by atoms with Gasteiger partial charge in [0.15, 0.2) is 0 Å². The summed E-state index contributed by atoms with van der Waals surface area (Å²) in [6.07, 6.45) is 0. The topological polar surface area (TPSA) is 123 Å². The lowest BCUT2D eigenvalue weighted by Gasteiger charge is -2.14. The minimum absolute atomic E-state index is 0.0168. The van der Waals surface area contributed by atoms with Crippen LogP contribution in [-0.4, -0.2) is 42.7 Å². The Kier molecular flexibility index (Phi) is 5.02. The molecule has 2 aromatic rings. The van der Waals surface area contributed by atoms with Gasteiger partial charge in [0.1, 0.15) is 22.0 Å². The Bertz CT molecular complexity index is 911. The molecule has 0 unspecified atom stereocenters. The van der Waals surface area contributed by atoms with Crippen molar-refractivity contribution in [3.05, 3.63) is 29.2 Å². The summed E-state index contributed by atoms with van der Waals surface area (Å²) in [5.41, 5.74) is -0.614. The van der Waals surface area contributed by atoms with E-state index in [1.165, 1.54) is 14.0 Å². The van der Waals surface area contributed by atoms with Gasteiger partial charge in [0, 0.05) is 7.11 Å². The molecule has 8 nitrogen and oxygen atoms in total. The fraction of sp³-hybridized carbons (Fsp3) is 0.286. The van der Waals surface area contributed by atoms with Crippen LogP contribution in [0.4, 0.5) is 4.39 Å². The van der Waals surface area contributed by atoms with Gasteiger partial charge in [-0.05, 0) is 19.1 Å². The number of esters is 1. The third-order valence-electron chi connectivity index (χ3n) is 3.12. The zero-order valence-electron chi connectivity index (χ0n) is 12.7. The van der Waals surface area contributed by atoms with Gasteiger partial charge in [-0.3, -0.25) is 4.55 Å². The summed E-state index contributed by atoms with van der Waals surface area (Å²) in [5, 5.41) is 9.77. The molecule has 0 aliphatic heterocycles. The van der Waals surface area contributed by atoms with Crippen molar-refractivity contribution in [2.24, 2.45) is 0 Å². The Morgan fingerprint density at radius 2 is 2.04 bits per heavy atom. The van der Waals surface area contributed by atoms with Gasteiger partial charge in [0.25, 0.3) is 10.1 Å². The molecule has 10 heteroatoms. The molecule has 0 saturated heterocycles. The molecule has 1 heterocycles. The van der Waals surface area contributed by atoms with E-state index in [9.17, 15) is 27.3 Å². The smallest absolute Gasteiger partial charge is 0.343 e.